The summed E-state index contributed by atoms with van der Waals surface area (Å²) >= 11 is 0. The molecule has 1 atom stereocenters. The molecular weight excluding hydrogens is 228 g/mol. The Morgan fingerprint density at radius 1 is 1.11 bits per heavy atom. The van der Waals surface area contributed by atoms with Gasteiger partial charge in [0.15, 0.2) is 0 Å². The molecule has 1 heterocycles. The topological polar surface area (TPSA) is 49.4 Å². The summed E-state index contributed by atoms with van der Waals surface area (Å²) < 4.78 is 0. The summed E-state index contributed by atoms with van der Waals surface area (Å²) in [4.78, 5) is 27.0. The van der Waals surface area contributed by atoms with Crippen LogP contribution in [0.1, 0.15) is 58.8 Å². The zero-order chi connectivity index (χ0) is 13.0. The lowest BCUT2D eigenvalue weighted by Crippen LogP contribution is -2.74. The van der Waals surface area contributed by atoms with Crippen LogP contribution in [0.5, 0.6) is 0 Å². The molecule has 1 unspecified atom stereocenters. The maximum atomic E-state index is 12.9. The smallest absolute Gasteiger partial charge is 0.249 e. The summed E-state index contributed by atoms with van der Waals surface area (Å²) in [5.74, 6) is 0.207. The molecule has 0 aromatic heterocycles. The Morgan fingerprint density at radius 2 is 1.72 bits per heavy atom. The SMILES string of the molecule is CC1C(=O)NC2(CCCC2)C(=O)N1C1(C)CCC1. The number of carbonyl (C=O) groups excluding carboxylic acids is 2. The molecule has 1 aliphatic heterocycles. The summed E-state index contributed by atoms with van der Waals surface area (Å²) in [6.45, 7) is 3.99. The maximum absolute atomic E-state index is 12.9. The van der Waals surface area contributed by atoms with Gasteiger partial charge in [-0.3, -0.25) is 9.59 Å². The first-order valence-electron chi connectivity index (χ1n) is 7.14. The molecule has 0 aromatic carbocycles. The Hall–Kier alpha value is -1.06. The zero-order valence-electron chi connectivity index (χ0n) is 11.3. The van der Waals surface area contributed by atoms with Crippen molar-refractivity contribution in [3.05, 3.63) is 0 Å². The Labute approximate surface area is 108 Å². The molecule has 2 saturated carbocycles. The van der Waals surface area contributed by atoms with E-state index in [1.807, 2.05) is 11.8 Å². The van der Waals surface area contributed by atoms with Crippen LogP contribution < -0.4 is 5.32 Å². The number of amides is 2. The van der Waals surface area contributed by atoms with E-state index in [-0.39, 0.29) is 23.4 Å². The lowest BCUT2D eigenvalue weighted by Gasteiger charge is -2.55. The number of rotatable bonds is 1. The first-order valence-corrected chi connectivity index (χ1v) is 7.14. The first kappa shape index (κ1) is 12.0. The first-order chi connectivity index (χ1) is 8.49. The molecule has 0 radical (unpaired) electrons. The average Bonchev–Trinajstić information content (AvgIpc) is 2.74. The number of hydrogen-bond acceptors (Lipinski definition) is 2. The lowest BCUT2D eigenvalue weighted by atomic mass is 9.74. The monoisotopic (exact) mass is 250 g/mol. The maximum Gasteiger partial charge on any atom is 0.249 e. The van der Waals surface area contributed by atoms with Crippen molar-refractivity contribution in [2.45, 2.75) is 75.9 Å². The normalized spacial score (nSPS) is 33.4. The lowest BCUT2D eigenvalue weighted by molar-refractivity contribution is -0.165. The second kappa shape index (κ2) is 3.72. The molecule has 2 aliphatic carbocycles. The van der Waals surface area contributed by atoms with Crippen molar-refractivity contribution < 1.29 is 9.59 Å². The summed E-state index contributed by atoms with van der Waals surface area (Å²) in [6.07, 6.45) is 6.96. The standard InChI is InChI=1S/C14H22N2O2/c1-10-11(17)15-14(8-3-4-9-14)12(18)16(10)13(2)6-5-7-13/h10H,3-9H2,1-2H3,(H,15,17). The molecular formula is C14H22N2O2. The number of carbonyl (C=O) groups is 2. The van der Waals surface area contributed by atoms with Crippen molar-refractivity contribution in [2.75, 3.05) is 0 Å². The summed E-state index contributed by atoms with van der Waals surface area (Å²) in [6, 6.07) is -0.311. The third kappa shape index (κ3) is 1.44. The van der Waals surface area contributed by atoms with Gasteiger partial charge in [0.05, 0.1) is 0 Å². The van der Waals surface area contributed by atoms with Crippen LogP contribution in [0, 0.1) is 0 Å². The Balaban J connectivity index is 1.95. The molecule has 2 amide bonds. The van der Waals surface area contributed by atoms with E-state index in [1.54, 1.807) is 0 Å². The predicted octanol–water partition coefficient (Wildman–Crippen LogP) is 1.59. The second-order valence-electron chi connectivity index (χ2n) is 6.48. The van der Waals surface area contributed by atoms with Gasteiger partial charge in [0, 0.05) is 5.54 Å². The molecule has 1 spiro atoms. The molecule has 0 aromatic rings. The van der Waals surface area contributed by atoms with Crippen LogP contribution >= 0.6 is 0 Å². The van der Waals surface area contributed by atoms with Gasteiger partial charge in [0.25, 0.3) is 0 Å². The number of nitrogens with one attached hydrogen (secondary N) is 1. The molecule has 4 nitrogen and oxygen atoms in total. The van der Waals surface area contributed by atoms with Crippen molar-refractivity contribution in [3.63, 3.8) is 0 Å². The third-order valence-electron chi connectivity index (χ3n) is 5.23. The van der Waals surface area contributed by atoms with Crippen LogP contribution in [0.25, 0.3) is 0 Å². The Morgan fingerprint density at radius 3 is 2.22 bits per heavy atom. The average molecular weight is 250 g/mol. The van der Waals surface area contributed by atoms with Gasteiger partial charge in [-0.05, 0) is 46.0 Å². The van der Waals surface area contributed by atoms with E-state index in [2.05, 4.69) is 12.2 Å². The highest BCUT2D eigenvalue weighted by Gasteiger charge is 2.56. The van der Waals surface area contributed by atoms with Crippen LogP contribution in [0.3, 0.4) is 0 Å². The molecule has 1 saturated heterocycles. The molecule has 1 N–H and O–H groups in total. The number of nitrogens with zero attached hydrogens (tertiary/aromatic N) is 1. The van der Waals surface area contributed by atoms with Crippen LogP contribution in [0.15, 0.2) is 0 Å². The molecule has 3 rings (SSSR count). The molecule has 3 aliphatic rings. The van der Waals surface area contributed by atoms with Crippen molar-refractivity contribution in [1.82, 2.24) is 10.2 Å². The van der Waals surface area contributed by atoms with E-state index in [0.717, 1.165) is 38.5 Å². The fourth-order valence-electron chi connectivity index (χ4n) is 3.88. The van der Waals surface area contributed by atoms with Gasteiger partial charge in [-0.2, -0.15) is 0 Å². The second-order valence-corrected chi connectivity index (χ2v) is 6.48. The minimum atomic E-state index is -0.567. The highest BCUT2D eigenvalue weighted by molar-refractivity contribution is 6.00. The van der Waals surface area contributed by atoms with Gasteiger partial charge < -0.3 is 10.2 Å². The summed E-state index contributed by atoms with van der Waals surface area (Å²) in [5, 5.41) is 3.01. The molecule has 3 fully saturated rings. The highest BCUT2D eigenvalue weighted by Crippen LogP contribution is 2.43. The van der Waals surface area contributed by atoms with E-state index >= 15 is 0 Å². The van der Waals surface area contributed by atoms with Crippen molar-refractivity contribution >= 4 is 11.8 Å². The highest BCUT2D eigenvalue weighted by atomic mass is 16.2. The van der Waals surface area contributed by atoms with E-state index in [9.17, 15) is 9.59 Å². The van der Waals surface area contributed by atoms with Gasteiger partial charge in [0.2, 0.25) is 11.8 Å². The summed E-state index contributed by atoms with van der Waals surface area (Å²) in [5.41, 5.74) is -0.647. The van der Waals surface area contributed by atoms with Crippen LogP contribution in [-0.4, -0.2) is 33.8 Å². The Bertz CT molecular complexity index is 395. The van der Waals surface area contributed by atoms with Gasteiger partial charge in [0.1, 0.15) is 11.6 Å². The Kier molecular flexibility index (Phi) is 2.48. The zero-order valence-corrected chi connectivity index (χ0v) is 11.3. The fraction of sp³-hybridized carbons (Fsp3) is 0.857. The van der Waals surface area contributed by atoms with Crippen molar-refractivity contribution in [3.8, 4) is 0 Å². The van der Waals surface area contributed by atoms with Crippen LogP contribution in [0.2, 0.25) is 0 Å². The largest absolute Gasteiger partial charge is 0.340 e. The van der Waals surface area contributed by atoms with Gasteiger partial charge in [-0.25, -0.2) is 0 Å². The molecule has 100 valence electrons. The summed E-state index contributed by atoms with van der Waals surface area (Å²) in [7, 11) is 0. The quantitative estimate of drug-likeness (QED) is 0.768. The van der Waals surface area contributed by atoms with Gasteiger partial charge in [-0.1, -0.05) is 12.8 Å². The van der Waals surface area contributed by atoms with E-state index in [1.165, 1.54) is 6.42 Å². The van der Waals surface area contributed by atoms with Gasteiger partial charge in [-0.15, -0.1) is 0 Å². The van der Waals surface area contributed by atoms with Crippen molar-refractivity contribution in [1.29, 1.82) is 0 Å². The van der Waals surface area contributed by atoms with Crippen LogP contribution in [0.4, 0.5) is 0 Å². The van der Waals surface area contributed by atoms with E-state index in [0.29, 0.717) is 0 Å². The fourth-order valence-corrected chi connectivity index (χ4v) is 3.88. The molecule has 4 heteroatoms. The molecule has 18 heavy (non-hydrogen) atoms. The minimum absolute atomic E-state index is 0.0321. The number of hydrogen-bond donors (Lipinski definition) is 1. The number of piperazine rings is 1. The molecule has 0 bridgehead atoms. The van der Waals surface area contributed by atoms with Gasteiger partial charge >= 0.3 is 0 Å². The van der Waals surface area contributed by atoms with Crippen molar-refractivity contribution in [2.24, 2.45) is 0 Å². The third-order valence-corrected chi connectivity index (χ3v) is 5.23. The van der Waals surface area contributed by atoms with E-state index < -0.39 is 5.54 Å². The van der Waals surface area contributed by atoms with E-state index in [4.69, 9.17) is 0 Å². The predicted molar refractivity (Wildman–Crippen MR) is 67.9 cm³/mol. The van der Waals surface area contributed by atoms with Crippen LogP contribution in [-0.2, 0) is 9.59 Å². The minimum Gasteiger partial charge on any atom is -0.340 e.